The molecule has 1 aromatic carbocycles. The van der Waals surface area contributed by atoms with E-state index in [4.69, 9.17) is 0 Å². The van der Waals surface area contributed by atoms with Crippen LogP contribution in [0.1, 0.15) is 58.4 Å². The van der Waals surface area contributed by atoms with Crippen molar-refractivity contribution in [3.8, 4) is 0 Å². The monoisotopic (exact) mass is 261 g/mol. The van der Waals surface area contributed by atoms with Crippen LogP contribution in [0.3, 0.4) is 0 Å². The molecule has 1 heteroatoms. The first-order chi connectivity index (χ1) is 9.16. The molecule has 0 bridgehead atoms. The summed E-state index contributed by atoms with van der Waals surface area (Å²) in [4.78, 5) is 4.48. The van der Waals surface area contributed by atoms with E-state index in [0.29, 0.717) is 0 Å². The Morgan fingerprint density at radius 1 is 0.684 bits per heavy atom. The second kappa shape index (κ2) is 11.7. The summed E-state index contributed by atoms with van der Waals surface area (Å²) >= 11 is 0. The van der Waals surface area contributed by atoms with Crippen molar-refractivity contribution in [2.24, 2.45) is 0 Å². The SMILES string of the molecule is CC.CC.CC.Cc1ccc2cc(C)c(C)cc2n1. The van der Waals surface area contributed by atoms with Crippen molar-refractivity contribution >= 4 is 10.9 Å². The quantitative estimate of drug-likeness (QED) is 0.547. The Morgan fingerprint density at radius 2 is 1.16 bits per heavy atom. The third kappa shape index (κ3) is 6.37. The molecule has 0 unspecified atom stereocenters. The largest absolute Gasteiger partial charge is 0.253 e. The molecule has 1 aromatic heterocycles. The molecular weight excluding hydrogens is 230 g/mol. The fraction of sp³-hybridized carbons (Fsp3) is 0.500. The zero-order valence-electron chi connectivity index (χ0n) is 14.3. The summed E-state index contributed by atoms with van der Waals surface area (Å²) in [7, 11) is 0. The van der Waals surface area contributed by atoms with Gasteiger partial charge in [0.25, 0.3) is 0 Å². The molecule has 2 rings (SSSR count). The summed E-state index contributed by atoms with van der Waals surface area (Å²) < 4.78 is 0. The van der Waals surface area contributed by atoms with E-state index in [0.717, 1.165) is 11.2 Å². The van der Waals surface area contributed by atoms with Crippen LogP contribution in [-0.4, -0.2) is 4.98 Å². The van der Waals surface area contributed by atoms with E-state index in [1.165, 1.54) is 16.5 Å². The van der Waals surface area contributed by atoms with Gasteiger partial charge in [0.05, 0.1) is 5.52 Å². The number of aryl methyl sites for hydroxylation is 3. The summed E-state index contributed by atoms with van der Waals surface area (Å²) in [5.74, 6) is 0. The van der Waals surface area contributed by atoms with Crippen molar-refractivity contribution in [3.05, 3.63) is 41.1 Å². The van der Waals surface area contributed by atoms with Gasteiger partial charge in [-0.1, -0.05) is 47.6 Å². The molecule has 0 saturated heterocycles. The highest BCUT2D eigenvalue weighted by atomic mass is 14.7. The van der Waals surface area contributed by atoms with E-state index in [1.807, 2.05) is 48.5 Å². The van der Waals surface area contributed by atoms with Gasteiger partial charge in [-0.15, -0.1) is 0 Å². The second-order valence-corrected chi connectivity index (χ2v) is 3.58. The first-order valence-electron chi connectivity index (χ1n) is 7.51. The van der Waals surface area contributed by atoms with E-state index in [2.05, 4.69) is 43.1 Å². The van der Waals surface area contributed by atoms with Crippen LogP contribution in [-0.2, 0) is 0 Å². The predicted molar refractivity (Wildman–Crippen MR) is 90.0 cm³/mol. The van der Waals surface area contributed by atoms with Gasteiger partial charge in [-0.2, -0.15) is 0 Å². The van der Waals surface area contributed by atoms with Crippen LogP contribution in [0.2, 0.25) is 0 Å². The number of rotatable bonds is 0. The van der Waals surface area contributed by atoms with Gasteiger partial charge in [0.1, 0.15) is 0 Å². The summed E-state index contributed by atoms with van der Waals surface area (Å²) in [6.07, 6.45) is 0. The van der Waals surface area contributed by atoms with Crippen LogP contribution in [0.5, 0.6) is 0 Å². The molecular formula is C18H31N. The van der Waals surface area contributed by atoms with Gasteiger partial charge >= 0.3 is 0 Å². The summed E-state index contributed by atoms with van der Waals surface area (Å²) in [5.41, 5.74) is 4.82. The molecule has 1 heterocycles. The molecule has 0 amide bonds. The summed E-state index contributed by atoms with van der Waals surface area (Å²) in [5, 5.41) is 1.23. The minimum absolute atomic E-state index is 1.08. The Balaban J connectivity index is 0. The van der Waals surface area contributed by atoms with Gasteiger partial charge in [0.15, 0.2) is 0 Å². The maximum Gasteiger partial charge on any atom is 0.0707 e. The molecule has 0 radical (unpaired) electrons. The van der Waals surface area contributed by atoms with Gasteiger partial charge in [0.2, 0.25) is 0 Å². The van der Waals surface area contributed by atoms with Crippen LogP contribution in [0.15, 0.2) is 24.3 Å². The van der Waals surface area contributed by atoms with E-state index in [1.54, 1.807) is 0 Å². The van der Waals surface area contributed by atoms with E-state index < -0.39 is 0 Å². The molecule has 0 saturated carbocycles. The van der Waals surface area contributed by atoms with Crippen molar-refractivity contribution in [2.45, 2.75) is 62.3 Å². The van der Waals surface area contributed by atoms with Crippen molar-refractivity contribution < 1.29 is 0 Å². The van der Waals surface area contributed by atoms with Crippen LogP contribution in [0.4, 0.5) is 0 Å². The molecule has 0 aliphatic rings. The van der Waals surface area contributed by atoms with Crippen molar-refractivity contribution in [1.82, 2.24) is 4.98 Å². The third-order valence-electron chi connectivity index (χ3n) is 2.44. The lowest BCUT2D eigenvalue weighted by Crippen LogP contribution is -1.86. The number of benzene rings is 1. The van der Waals surface area contributed by atoms with Gasteiger partial charge in [-0.3, -0.25) is 4.98 Å². The molecule has 2 aromatic rings. The van der Waals surface area contributed by atoms with Gasteiger partial charge in [-0.05, 0) is 50.1 Å². The second-order valence-electron chi connectivity index (χ2n) is 3.58. The fourth-order valence-electron chi connectivity index (χ4n) is 1.49. The van der Waals surface area contributed by atoms with Crippen molar-refractivity contribution in [2.75, 3.05) is 0 Å². The maximum atomic E-state index is 4.48. The van der Waals surface area contributed by atoms with E-state index in [-0.39, 0.29) is 0 Å². The minimum Gasteiger partial charge on any atom is -0.253 e. The average Bonchev–Trinajstić information content (AvgIpc) is 2.47. The summed E-state index contributed by atoms with van der Waals surface area (Å²) in [6, 6.07) is 8.52. The van der Waals surface area contributed by atoms with Gasteiger partial charge < -0.3 is 0 Å². The van der Waals surface area contributed by atoms with Crippen molar-refractivity contribution in [1.29, 1.82) is 0 Å². The minimum atomic E-state index is 1.08. The number of pyridine rings is 1. The maximum absolute atomic E-state index is 4.48. The van der Waals surface area contributed by atoms with Crippen LogP contribution in [0, 0.1) is 20.8 Å². The smallest absolute Gasteiger partial charge is 0.0707 e. The molecule has 0 spiro atoms. The molecule has 19 heavy (non-hydrogen) atoms. The molecule has 108 valence electrons. The Morgan fingerprint density at radius 3 is 1.68 bits per heavy atom. The molecule has 1 nitrogen and oxygen atoms in total. The standard InChI is InChI=1S/C12H13N.3C2H6/c1-8-6-11-5-4-10(3)13-12(11)7-9(8)2;3*1-2/h4-7H,1-3H3;3*1-2H3. The van der Waals surface area contributed by atoms with Gasteiger partial charge in [0, 0.05) is 11.1 Å². The lowest BCUT2D eigenvalue weighted by molar-refractivity contribution is 1.24. The third-order valence-corrected chi connectivity index (χ3v) is 2.44. The normalized spacial score (nSPS) is 8.26. The van der Waals surface area contributed by atoms with Gasteiger partial charge in [-0.25, -0.2) is 0 Å². The Hall–Kier alpha value is -1.37. The number of hydrogen-bond donors (Lipinski definition) is 0. The fourth-order valence-corrected chi connectivity index (χ4v) is 1.49. The number of fused-ring (bicyclic) bond motifs is 1. The zero-order chi connectivity index (χ0) is 15.4. The highest BCUT2D eigenvalue weighted by molar-refractivity contribution is 5.80. The first-order valence-corrected chi connectivity index (χ1v) is 7.51. The lowest BCUT2D eigenvalue weighted by Gasteiger charge is -2.03. The molecule has 0 aliphatic carbocycles. The topological polar surface area (TPSA) is 12.9 Å². The number of aromatic nitrogens is 1. The number of nitrogens with zero attached hydrogens (tertiary/aromatic N) is 1. The highest BCUT2D eigenvalue weighted by Gasteiger charge is 1.98. The first kappa shape index (κ1) is 20.0. The predicted octanol–water partition coefficient (Wildman–Crippen LogP) is 6.24. The van der Waals surface area contributed by atoms with Crippen molar-refractivity contribution in [3.63, 3.8) is 0 Å². The summed E-state index contributed by atoms with van der Waals surface area (Å²) in [6.45, 7) is 18.3. The van der Waals surface area contributed by atoms with Crippen LogP contribution >= 0.6 is 0 Å². The lowest BCUT2D eigenvalue weighted by atomic mass is 10.1. The average molecular weight is 261 g/mol. The van der Waals surface area contributed by atoms with Crippen LogP contribution < -0.4 is 0 Å². The Kier molecular flexibility index (Phi) is 12.3. The molecule has 0 fully saturated rings. The number of hydrogen-bond acceptors (Lipinski definition) is 1. The highest BCUT2D eigenvalue weighted by Crippen LogP contribution is 2.17. The van der Waals surface area contributed by atoms with Crippen LogP contribution in [0.25, 0.3) is 10.9 Å². The Bertz CT molecular complexity index is 458. The molecule has 0 aliphatic heterocycles. The van der Waals surface area contributed by atoms with E-state index in [9.17, 15) is 0 Å². The van der Waals surface area contributed by atoms with E-state index >= 15 is 0 Å². The molecule has 0 atom stereocenters. The zero-order valence-corrected chi connectivity index (χ0v) is 14.3. The molecule has 0 N–H and O–H groups in total. The Labute approximate surface area is 120 Å².